The summed E-state index contributed by atoms with van der Waals surface area (Å²) in [5.74, 6) is 0.397. The van der Waals surface area contributed by atoms with Crippen LogP contribution in [-0.4, -0.2) is 55.0 Å². The maximum atomic E-state index is 14.0. The fourth-order valence-corrected chi connectivity index (χ4v) is 4.89. The Morgan fingerprint density at radius 3 is 2.84 bits per heavy atom. The minimum atomic E-state index is -0.428. The van der Waals surface area contributed by atoms with Gasteiger partial charge in [0.1, 0.15) is 17.8 Å². The summed E-state index contributed by atoms with van der Waals surface area (Å²) < 4.78 is 21.4. The largest absolute Gasteiger partial charge is 0.337 e. The SMILES string of the molecule is CCCN(CCC)Cc1nc(-c2ncn3c2[C@@H]2CCCN2C(=O)c2cc(F)ccc2-3)no1. The highest BCUT2D eigenvalue weighted by atomic mass is 19.1. The molecule has 8 nitrogen and oxygen atoms in total. The Hall–Kier alpha value is -3.07. The lowest BCUT2D eigenvalue weighted by Gasteiger charge is -2.22. The first kappa shape index (κ1) is 20.8. The summed E-state index contributed by atoms with van der Waals surface area (Å²) >= 11 is 0. The predicted octanol–water partition coefficient (Wildman–Crippen LogP) is 3.97. The molecule has 168 valence electrons. The van der Waals surface area contributed by atoms with Crippen LogP contribution in [0, 0.1) is 5.82 Å². The average Bonchev–Trinajstić information content (AvgIpc) is 3.51. The van der Waals surface area contributed by atoms with Gasteiger partial charge in [-0.05, 0) is 57.0 Å². The van der Waals surface area contributed by atoms with E-state index >= 15 is 0 Å². The quantitative estimate of drug-likeness (QED) is 0.555. The second-order valence-electron chi connectivity index (χ2n) is 8.45. The van der Waals surface area contributed by atoms with Gasteiger partial charge in [0.05, 0.1) is 29.5 Å². The van der Waals surface area contributed by atoms with E-state index in [0.29, 0.717) is 41.7 Å². The van der Waals surface area contributed by atoms with Gasteiger partial charge in [0.2, 0.25) is 11.7 Å². The fraction of sp³-hybridized carbons (Fsp3) is 0.478. The molecule has 1 aromatic carbocycles. The lowest BCUT2D eigenvalue weighted by Crippen LogP contribution is -2.29. The molecule has 1 amide bonds. The molecule has 2 aromatic heterocycles. The van der Waals surface area contributed by atoms with Crippen LogP contribution in [-0.2, 0) is 6.54 Å². The van der Waals surface area contributed by atoms with E-state index < -0.39 is 5.82 Å². The van der Waals surface area contributed by atoms with Gasteiger partial charge in [0, 0.05) is 6.54 Å². The van der Waals surface area contributed by atoms with Crippen LogP contribution >= 0.6 is 0 Å². The van der Waals surface area contributed by atoms with Gasteiger partial charge in [0.25, 0.3) is 5.91 Å². The van der Waals surface area contributed by atoms with Gasteiger partial charge in [0.15, 0.2) is 0 Å². The Morgan fingerprint density at radius 1 is 1.25 bits per heavy atom. The fourth-order valence-electron chi connectivity index (χ4n) is 4.89. The third-order valence-corrected chi connectivity index (χ3v) is 6.20. The summed E-state index contributed by atoms with van der Waals surface area (Å²) in [7, 11) is 0. The summed E-state index contributed by atoms with van der Waals surface area (Å²) in [6, 6.07) is 4.15. The van der Waals surface area contributed by atoms with Crippen LogP contribution in [0.25, 0.3) is 17.2 Å². The number of fused-ring (bicyclic) bond motifs is 5. The number of carbonyl (C=O) groups excluding carboxylic acids is 1. The first-order chi connectivity index (χ1) is 15.6. The van der Waals surface area contributed by atoms with Gasteiger partial charge in [-0.15, -0.1) is 0 Å². The van der Waals surface area contributed by atoms with Crippen molar-refractivity contribution in [3.8, 4) is 17.2 Å². The molecule has 5 rings (SSSR count). The number of carbonyl (C=O) groups is 1. The zero-order chi connectivity index (χ0) is 22.2. The zero-order valence-corrected chi connectivity index (χ0v) is 18.4. The van der Waals surface area contributed by atoms with Gasteiger partial charge in [-0.3, -0.25) is 14.3 Å². The van der Waals surface area contributed by atoms with Gasteiger partial charge in [-0.25, -0.2) is 9.37 Å². The summed E-state index contributed by atoms with van der Waals surface area (Å²) in [5.41, 5.74) is 2.44. The number of benzene rings is 1. The highest BCUT2D eigenvalue weighted by Gasteiger charge is 2.40. The third-order valence-electron chi connectivity index (χ3n) is 6.20. The number of nitrogens with zero attached hydrogens (tertiary/aromatic N) is 6. The predicted molar refractivity (Wildman–Crippen MR) is 116 cm³/mol. The van der Waals surface area contributed by atoms with Crippen molar-refractivity contribution < 1.29 is 13.7 Å². The molecule has 32 heavy (non-hydrogen) atoms. The lowest BCUT2D eigenvalue weighted by atomic mass is 10.1. The Labute approximate surface area is 186 Å². The number of rotatable bonds is 7. The monoisotopic (exact) mass is 438 g/mol. The molecule has 0 N–H and O–H groups in total. The van der Waals surface area contributed by atoms with Crippen LogP contribution in [0.5, 0.6) is 0 Å². The van der Waals surface area contributed by atoms with E-state index in [0.717, 1.165) is 44.5 Å². The van der Waals surface area contributed by atoms with Crippen molar-refractivity contribution in [3.05, 3.63) is 47.5 Å². The Balaban J connectivity index is 1.55. The molecule has 2 aliphatic rings. The van der Waals surface area contributed by atoms with E-state index in [1.807, 2.05) is 9.47 Å². The molecule has 0 aliphatic carbocycles. The maximum Gasteiger partial charge on any atom is 0.256 e. The summed E-state index contributed by atoms with van der Waals surface area (Å²) in [6.45, 7) is 7.47. The van der Waals surface area contributed by atoms with Crippen LogP contribution in [0.2, 0.25) is 0 Å². The molecule has 0 bridgehead atoms. The number of aromatic nitrogens is 4. The van der Waals surface area contributed by atoms with Gasteiger partial charge in [-0.1, -0.05) is 19.0 Å². The number of hydrogen-bond acceptors (Lipinski definition) is 6. The molecule has 0 unspecified atom stereocenters. The van der Waals surface area contributed by atoms with E-state index in [2.05, 4.69) is 33.9 Å². The molecule has 1 fully saturated rings. The number of hydrogen-bond donors (Lipinski definition) is 0. The summed E-state index contributed by atoms with van der Waals surface area (Å²) in [5, 5.41) is 4.22. The highest BCUT2D eigenvalue weighted by molar-refractivity contribution is 5.99. The normalized spacial score (nSPS) is 17.4. The second-order valence-corrected chi connectivity index (χ2v) is 8.45. The first-order valence-corrected chi connectivity index (χ1v) is 11.3. The topological polar surface area (TPSA) is 80.3 Å². The maximum absolute atomic E-state index is 14.0. The van der Waals surface area contributed by atoms with Crippen molar-refractivity contribution >= 4 is 5.91 Å². The Morgan fingerprint density at radius 2 is 2.06 bits per heavy atom. The molecule has 9 heteroatoms. The molecule has 2 aliphatic heterocycles. The third kappa shape index (κ3) is 3.50. The van der Waals surface area contributed by atoms with Crippen molar-refractivity contribution in [1.29, 1.82) is 0 Å². The van der Waals surface area contributed by atoms with Gasteiger partial charge in [-0.2, -0.15) is 4.98 Å². The zero-order valence-electron chi connectivity index (χ0n) is 18.4. The van der Waals surface area contributed by atoms with Crippen molar-refractivity contribution in [2.45, 2.75) is 52.1 Å². The Kier molecular flexibility index (Phi) is 5.50. The average molecular weight is 439 g/mol. The van der Waals surface area contributed by atoms with Gasteiger partial charge < -0.3 is 9.42 Å². The first-order valence-electron chi connectivity index (χ1n) is 11.3. The van der Waals surface area contributed by atoms with Crippen molar-refractivity contribution in [2.24, 2.45) is 0 Å². The minimum absolute atomic E-state index is 0.153. The van der Waals surface area contributed by atoms with Crippen molar-refractivity contribution in [1.82, 2.24) is 29.5 Å². The van der Waals surface area contributed by atoms with E-state index in [-0.39, 0.29) is 11.9 Å². The number of halogens is 1. The Bertz CT molecular complexity index is 1130. The van der Waals surface area contributed by atoms with Gasteiger partial charge >= 0.3 is 0 Å². The molecule has 0 radical (unpaired) electrons. The summed E-state index contributed by atoms with van der Waals surface area (Å²) in [6.07, 6.45) is 5.48. The molecule has 3 aromatic rings. The van der Waals surface area contributed by atoms with Crippen LogP contribution < -0.4 is 0 Å². The standard InChI is InChI=1S/C23H27FN6O2/c1-3-9-28(10-4-2)13-19-26-22(27-32-19)20-21-18-6-5-11-29(18)23(31)16-12-15(24)7-8-17(16)30(21)14-25-20/h7-8,12,14,18H,3-6,9-11,13H2,1-2H3/t18-/m0/s1. The highest BCUT2D eigenvalue weighted by Crippen LogP contribution is 2.41. The van der Waals surface area contributed by atoms with Crippen LogP contribution in [0.4, 0.5) is 4.39 Å². The van der Waals surface area contributed by atoms with Crippen LogP contribution in [0.1, 0.15) is 67.5 Å². The molecule has 1 saturated heterocycles. The summed E-state index contributed by atoms with van der Waals surface area (Å²) in [4.78, 5) is 26.6. The van der Waals surface area contributed by atoms with Crippen molar-refractivity contribution in [3.63, 3.8) is 0 Å². The van der Waals surface area contributed by atoms with E-state index in [1.165, 1.54) is 12.1 Å². The molecule has 4 heterocycles. The smallest absolute Gasteiger partial charge is 0.256 e. The van der Waals surface area contributed by atoms with E-state index in [1.54, 1.807) is 12.4 Å². The lowest BCUT2D eigenvalue weighted by molar-refractivity contribution is 0.0738. The van der Waals surface area contributed by atoms with E-state index in [9.17, 15) is 9.18 Å². The number of amides is 1. The molecule has 0 spiro atoms. The minimum Gasteiger partial charge on any atom is -0.337 e. The molecule has 1 atom stereocenters. The van der Waals surface area contributed by atoms with Crippen molar-refractivity contribution in [2.75, 3.05) is 19.6 Å². The van der Waals surface area contributed by atoms with E-state index in [4.69, 9.17) is 4.52 Å². The molecule has 0 saturated carbocycles. The number of imidazole rings is 1. The van der Waals surface area contributed by atoms with Crippen LogP contribution in [0.3, 0.4) is 0 Å². The van der Waals surface area contributed by atoms with Crippen LogP contribution in [0.15, 0.2) is 29.0 Å². The second kappa shape index (κ2) is 8.46. The molecular weight excluding hydrogens is 411 g/mol. The molecular formula is C23H27FN6O2.